The average molecular weight is 363 g/mol. The summed E-state index contributed by atoms with van der Waals surface area (Å²) < 4.78 is 19.0. The number of carbonyl (C=O) groups excluding carboxylic acids is 1. The van der Waals surface area contributed by atoms with Crippen molar-refractivity contribution in [2.75, 3.05) is 7.11 Å². The van der Waals surface area contributed by atoms with Gasteiger partial charge in [-0.15, -0.1) is 11.3 Å². The molecule has 1 aromatic heterocycles. The molecule has 0 amide bonds. The first kappa shape index (κ1) is 12.4. The molecule has 3 nitrogen and oxygen atoms in total. The number of nitrogens with zero attached hydrogens (tertiary/aromatic N) is 1. The van der Waals surface area contributed by atoms with Gasteiger partial charge in [-0.3, -0.25) is 0 Å². The van der Waals surface area contributed by atoms with Gasteiger partial charge in [0, 0.05) is 5.56 Å². The molecule has 1 heterocycles. The third-order valence-electron chi connectivity index (χ3n) is 2.10. The van der Waals surface area contributed by atoms with Crippen molar-refractivity contribution in [3.8, 4) is 10.4 Å². The van der Waals surface area contributed by atoms with Crippen LogP contribution in [0, 0.1) is 8.83 Å². The van der Waals surface area contributed by atoms with E-state index < -0.39 is 5.97 Å². The lowest BCUT2D eigenvalue weighted by Crippen LogP contribution is -2.03. The number of halogens is 2. The maximum Gasteiger partial charge on any atom is 0.358 e. The van der Waals surface area contributed by atoms with E-state index in [1.165, 1.54) is 24.5 Å². The Kier molecular flexibility index (Phi) is 3.72. The smallest absolute Gasteiger partial charge is 0.358 e. The highest BCUT2D eigenvalue weighted by molar-refractivity contribution is 14.1. The van der Waals surface area contributed by atoms with Gasteiger partial charge in [-0.05, 0) is 28.7 Å². The van der Waals surface area contributed by atoms with Gasteiger partial charge >= 0.3 is 5.97 Å². The van der Waals surface area contributed by atoms with Crippen LogP contribution in [0.1, 0.15) is 10.5 Å². The molecule has 88 valence electrons. The normalized spacial score (nSPS) is 10.3. The summed E-state index contributed by atoms with van der Waals surface area (Å²) in [5, 5.41) is 0. The Morgan fingerprint density at radius 1 is 1.47 bits per heavy atom. The standard InChI is InChI=1S/C11H7FINO2S/c1-16-10(15)8-9(17-11(13)14-8)6-4-2-3-5-7(6)12/h2-5H,1H3. The first-order valence-electron chi connectivity index (χ1n) is 4.63. The Morgan fingerprint density at radius 2 is 2.18 bits per heavy atom. The van der Waals surface area contributed by atoms with E-state index in [0.29, 0.717) is 13.5 Å². The van der Waals surface area contributed by atoms with Crippen molar-refractivity contribution in [1.29, 1.82) is 0 Å². The SMILES string of the molecule is COC(=O)c1nc(I)sc1-c1ccccc1F. The number of esters is 1. The molecule has 0 radical (unpaired) electrons. The Balaban J connectivity index is 2.60. The molecular formula is C11H7FINO2S. The van der Waals surface area contributed by atoms with Gasteiger partial charge in [-0.1, -0.05) is 18.2 Å². The highest BCUT2D eigenvalue weighted by Crippen LogP contribution is 2.33. The van der Waals surface area contributed by atoms with E-state index in [9.17, 15) is 9.18 Å². The molecule has 0 aliphatic rings. The van der Waals surface area contributed by atoms with E-state index in [4.69, 9.17) is 0 Å². The number of methoxy groups -OCH3 is 1. The average Bonchev–Trinajstić information content (AvgIpc) is 2.71. The van der Waals surface area contributed by atoms with Crippen molar-refractivity contribution < 1.29 is 13.9 Å². The van der Waals surface area contributed by atoms with Crippen LogP contribution in [0.5, 0.6) is 0 Å². The van der Waals surface area contributed by atoms with Gasteiger partial charge in [0.1, 0.15) is 5.82 Å². The van der Waals surface area contributed by atoms with Crippen LogP contribution in [0.25, 0.3) is 10.4 Å². The Labute approximate surface area is 115 Å². The maximum absolute atomic E-state index is 13.7. The summed E-state index contributed by atoms with van der Waals surface area (Å²) in [6, 6.07) is 6.28. The monoisotopic (exact) mass is 363 g/mol. The number of hydrogen-bond donors (Lipinski definition) is 0. The van der Waals surface area contributed by atoms with Crippen molar-refractivity contribution in [2.24, 2.45) is 0 Å². The minimum Gasteiger partial charge on any atom is -0.464 e. The van der Waals surface area contributed by atoms with Gasteiger partial charge in [0.15, 0.2) is 8.71 Å². The van der Waals surface area contributed by atoms with Crippen molar-refractivity contribution in [1.82, 2.24) is 4.98 Å². The lowest BCUT2D eigenvalue weighted by molar-refractivity contribution is 0.0595. The van der Waals surface area contributed by atoms with Crippen LogP contribution in [0.2, 0.25) is 0 Å². The summed E-state index contributed by atoms with van der Waals surface area (Å²) in [6.45, 7) is 0. The van der Waals surface area contributed by atoms with Crippen LogP contribution in [-0.4, -0.2) is 18.1 Å². The molecule has 0 bridgehead atoms. The fourth-order valence-corrected chi connectivity index (χ4v) is 3.07. The number of benzene rings is 1. The fraction of sp³-hybridized carbons (Fsp3) is 0.0909. The molecule has 0 N–H and O–H groups in total. The lowest BCUT2D eigenvalue weighted by Gasteiger charge is -2.01. The minimum absolute atomic E-state index is 0.159. The maximum atomic E-state index is 13.7. The zero-order chi connectivity index (χ0) is 12.4. The molecule has 6 heteroatoms. The van der Waals surface area contributed by atoms with Gasteiger partial charge in [-0.25, -0.2) is 14.2 Å². The quantitative estimate of drug-likeness (QED) is 0.607. The summed E-state index contributed by atoms with van der Waals surface area (Å²) in [4.78, 5) is 16.1. The van der Waals surface area contributed by atoms with Crippen LogP contribution >= 0.6 is 33.9 Å². The van der Waals surface area contributed by atoms with E-state index in [-0.39, 0.29) is 11.5 Å². The molecule has 1 aromatic carbocycles. The number of carbonyl (C=O) groups is 1. The van der Waals surface area contributed by atoms with Crippen molar-refractivity contribution >= 4 is 39.9 Å². The second-order valence-corrected chi connectivity index (χ2v) is 5.87. The molecule has 0 fully saturated rings. The molecule has 0 spiro atoms. The predicted molar refractivity (Wildman–Crippen MR) is 71.6 cm³/mol. The summed E-state index contributed by atoms with van der Waals surface area (Å²) in [5.41, 5.74) is 0.528. The van der Waals surface area contributed by atoms with E-state index in [2.05, 4.69) is 9.72 Å². The number of aromatic nitrogens is 1. The number of thiazole rings is 1. The zero-order valence-corrected chi connectivity index (χ0v) is 11.7. The second kappa shape index (κ2) is 5.09. The molecule has 0 atom stereocenters. The molecule has 2 aromatic rings. The van der Waals surface area contributed by atoms with E-state index in [0.717, 1.165) is 0 Å². The summed E-state index contributed by atoms with van der Waals surface area (Å²) in [6.07, 6.45) is 0. The molecule has 2 rings (SSSR count). The van der Waals surface area contributed by atoms with Gasteiger partial charge in [0.2, 0.25) is 0 Å². The van der Waals surface area contributed by atoms with Crippen LogP contribution in [-0.2, 0) is 4.74 Å². The van der Waals surface area contributed by atoms with Crippen molar-refractivity contribution in [3.05, 3.63) is 38.8 Å². The molecule has 0 aliphatic carbocycles. The summed E-state index contributed by atoms with van der Waals surface area (Å²) in [5.74, 6) is -0.930. The number of ether oxygens (including phenoxy) is 1. The third kappa shape index (κ3) is 2.47. The fourth-order valence-electron chi connectivity index (χ4n) is 1.36. The number of rotatable bonds is 2. The molecule has 0 aliphatic heterocycles. The van der Waals surface area contributed by atoms with Gasteiger partial charge < -0.3 is 4.74 Å². The Morgan fingerprint density at radius 3 is 2.82 bits per heavy atom. The van der Waals surface area contributed by atoms with Gasteiger partial charge in [-0.2, -0.15) is 0 Å². The highest BCUT2D eigenvalue weighted by Gasteiger charge is 2.21. The van der Waals surface area contributed by atoms with Crippen molar-refractivity contribution in [3.63, 3.8) is 0 Å². The topological polar surface area (TPSA) is 39.2 Å². The third-order valence-corrected chi connectivity index (χ3v) is 3.88. The lowest BCUT2D eigenvalue weighted by atomic mass is 10.1. The largest absolute Gasteiger partial charge is 0.464 e. The Hall–Kier alpha value is -1.02. The first-order chi connectivity index (χ1) is 8.13. The van der Waals surface area contributed by atoms with Crippen LogP contribution in [0.4, 0.5) is 4.39 Å². The van der Waals surface area contributed by atoms with E-state index in [1.54, 1.807) is 18.2 Å². The van der Waals surface area contributed by atoms with Crippen molar-refractivity contribution in [2.45, 2.75) is 0 Å². The van der Waals surface area contributed by atoms with Crippen LogP contribution < -0.4 is 0 Å². The number of hydrogen-bond acceptors (Lipinski definition) is 4. The minimum atomic E-state index is -0.553. The van der Waals surface area contributed by atoms with Gasteiger partial charge in [0.25, 0.3) is 0 Å². The molecule has 0 saturated heterocycles. The molecular weight excluding hydrogens is 356 g/mol. The molecule has 17 heavy (non-hydrogen) atoms. The van der Waals surface area contributed by atoms with Gasteiger partial charge in [0.05, 0.1) is 12.0 Å². The first-order valence-corrected chi connectivity index (χ1v) is 6.52. The molecule has 0 saturated carbocycles. The van der Waals surface area contributed by atoms with E-state index in [1.807, 2.05) is 22.6 Å². The zero-order valence-electron chi connectivity index (χ0n) is 8.74. The predicted octanol–water partition coefficient (Wildman–Crippen LogP) is 3.34. The summed E-state index contributed by atoms with van der Waals surface area (Å²) >= 11 is 3.25. The van der Waals surface area contributed by atoms with Crippen LogP contribution in [0.3, 0.4) is 0 Å². The second-order valence-electron chi connectivity index (χ2n) is 3.12. The summed E-state index contributed by atoms with van der Waals surface area (Å²) in [7, 11) is 1.28. The molecule has 0 unspecified atom stereocenters. The van der Waals surface area contributed by atoms with E-state index >= 15 is 0 Å². The van der Waals surface area contributed by atoms with Crippen LogP contribution in [0.15, 0.2) is 24.3 Å². The Bertz CT molecular complexity index is 570. The highest BCUT2D eigenvalue weighted by atomic mass is 127.